The summed E-state index contributed by atoms with van der Waals surface area (Å²) in [5.41, 5.74) is -0.680. The molecule has 0 radical (unpaired) electrons. The third-order valence-electron chi connectivity index (χ3n) is 2.75. The van der Waals surface area contributed by atoms with Gasteiger partial charge in [-0.1, -0.05) is 6.07 Å². The zero-order chi connectivity index (χ0) is 15.2. The van der Waals surface area contributed by atoms with Crippen LogP contribution in [-0.4, -0.2) is 23.1 Å². The molecule has 0 heterocycles. The van der Waals surface area contributed by atoms with E-state index >= 15 is 0 Å². The summed E-state index contributed by atoms with van der Waals surface area (Å²) < 4.78 is 5.48. The Balaban J connectivity index is 2.57. The monoisotopic (exact) mass is 277 g/mol. The van der Waals surface area contributed by atoms with Gasteiger partial charge >= 0.3 is 0 Å². The van der Waals surface area contributed by atoms with Gasteiger partial charge in [-0.15, -0.1) is 0 Å². The Bertz CT molecular complexity index is 511. The number of nitro groups is 1. The van der Waals surface area contributed by atoms with Crippen molar-refractivity contribution in [2.24, 2.45) is 0 Å². The van der Waals surface area contributed by atoms with Gasteiger partial charge in [0.2, 0.25) is 0 Å². The molecule has 1 aromatic rings. The number of non-ortho nitro benzene ring substituents is 1. The van der Waals surface area contributed by atoms with E-state index in [2.05, 4.69) is 11.4 Å². The molecule has 6 nitrogen and oxygen atoms in total. The number of nitrogens with zero attached hydrogens (tertiary/aromatic N) is 2. The molecule has 0 aromatic heterocycles. The predicted molar refractivity (Wildman–Crippen MR) is 75.5 cm³/mol. The van der Waals surface area contributed by atoms with E-state index in [4.69, 9.17) is 4.74 Å². The highest BCUT2D eigenvalue weighted by Gasteiger charge is 2.24. The average molecular weight is 277 g/mol. The molecule has 0 bridgehead atoms. The third kappa shape index (κ3) is 4.86. The summed E-state index contributed by atoms with van der Waals surface area (Å²) in [6.45, 7) is 6.06. The molecule has 0 saturated carbocycles. The van der Waals surface area contributed by atoms with E-state index < -0.39 is 10.5 Å². The number of rotatable bonds is 7. The highest BCUT2D eigenvalue weighted by atomic mass is 16.6. The van der Waals surface area contributed by atoms with Crippen molar-refractivity contribution >= 4 is 5.69 Å². The van der Waals surface area contributed by atoms with Gasteiger partial charge in [0.25, 0.3) is 5.69 Å². The second-order valence-electron chi connectivity index (χ2n) is 5.10. The number of hydrogen-bond acceptors (Lipinski definition) is 5. The van der Waals surface area contributed by atoms with Gasteiger partial charge < -0.3 is 4.74 Å². The van der Waals surface area contributed by atoms with Gasteiger partial charge in [0.15, 0.2) is 0 Å². The molecular formula is C14H19N3O3. The first-order chi connectivity index (χ1) is 9.36. The van der Waals surface area contributed by atoms with E-state index in [9.17, 15) is 15.4 Å². The number of hydrogen-bond donors (Lipinski definition) is 1. The molecule has 1 unspecified atom stereocenters. The van der Waals surface area contributed by atoms with Crippen LogP contribution >= 0.6 is 0 Å². The third-order valence-corrected chi connectivity index (χ3v) is 2.75. The van der Waals surface area contributed by atoms with Crippen molar-refractivity contribution in [3.63, 3.8) is 0 Å². The Morgan fingerprint density at radius 1 is 1.55 bits per heavy atom. The van der Waals surface area contributed by atoms with Gasteiger partial charge in [-0.2, -0.15) is 5.26 Å². The maximum atomic E-state index is 10.7. The highest BCUT2D eigenvalue weighted by molar-refractivity contribution is 5.37. The first kappa shape index (κ1) is 15.9. The van der Waals surface area contributed by atoms with Crippen LogP contribution in [0.5, 0.6) is 5.75 Å². The highest BCUT2D eigenvalue weighted by Crippen LogP contribution is 2.20. The Morgan fingerprint density at radius 3 is 2.80 bits per heavy atom. The lowest BCUT2D eigenvalue weighted by Gasteiger charge is -2.25. The minimum atomic E-state index is -0.672. The van der Waals surface area contributed by atoms with Crippen molar-refractivity contribution in [1.82, 2.24) is 5.32 Å². The van der Waals surface area contributed by atoms with E-state index in [0.29, 0.717) is 18.8 Å². The smallest absolute Gasteiger partial charge is 0.273 e. The van der Waals surface area contributed by atoms with Crippen molar-refractivity contribution in [2.45, 2.75) is 38.8 Å². The molecule has 1 N–H and O–H groups in total. The number of ether oxygens (including phenoxy) is 1. The molecule has 0 amide bonds. The lowest BCUT2D eigenvalue weighted by atomic mass is 9.99. The van der Waals surface area contributed by atoms with Crippen LogP contribution in [0.4, 0.5) is 5.69 Å². The normalized spacial score (nSPS) is 13.6. The molecule has 1 aromatic carbocycles. The van der Waals surface area contributed by atoms with Crippen molar-refractivity contribution in [3.05, 3.63) is 34.4 Å². The van der Waals surface area contributed by atoms with Crippen LogP contribution in [0.25, 0.3) is 0 Å². The number of nitro benzene ring substituents is 1. The lowest BCUT2D eigenvalue weighted by Crippen LogP contribution is -2.45. The minimum Gasteiger partial charge on any atom is -0.493 e. The Hall–Kier alpha value is -2.13. The fraction of sp³-hybridized carbons (Fsp3) is 0.500. The van der Waals surface area contributed by atoms with Gasteiger partial charge in [-0.3, -0.25) is 15.4 Å². The molecule has 6 heteroatoms. The van der Waals surface area contributed by atoms with Gasteiger partial charge in [-0.25, -0.2) is 0 Å². The Labute approximate surface area is 118 Å². The average Bonchev–Trinajstić information content (AvgIpc) is 2.38. The van der Waals surface area contributed by atoms with Gasteiger partial charge in [0, 0.05) is 18.5 Å². The van der Waals surface area contributed by atoms with E-state index in [1.807, 2.05) is 20.8 Å². The van der Waals surface area contributed by atoms with Gasteiger partial charge in [0.1, 0.15) is 11.3 Å². The van der Waals surface area contributed by atoms with Crippen LogP contribution in [-0.2, 0) is 0 Å². The standard InChI is InChI=1S/C14H19N3O3/c1-11(2)16-14(3,10-15)7-8-20-13-6-4-5-12(9-13)17(18)19/h4-6,9,11,16H,7-8H2,1-3H3. The zero-order valence-corrected chi connectivity index (χ0v) is 11.9. The summed E-state index contributed by atoms with van der Waals surface area (Å²) in [4.78, 5) is 10.2. The molecule has 1 atom stereocenters. The molecule has 0 spiro atoms. The van der Waals surface area contributed by atoms with E-state index in [1.54, 1.807) is 12.1 Å². The second kappa shape index (κ2) is 6.87. The van der Waals surface area contributed by atoms with Crippen molar-refractivity contribution in [1.29, 1.82) is 5.26 Å². The number of nitrogens with one attached hydrogen (secondary N) is 1. The molecule has 0 aliphatic rings. The molecule has 0 fully saturated rings. The van der Waals surface area contributed by atoms with Crippen LogP contribution in [0.2, 0.25) is 0 Å². The number of benzene rings is 1. The SMILES string of the molecule is CC(C)NC(C)(C#N)CCOc1cccc([N+](=O)[O-])c1. The summed E-state index contributed by atoms with van der Waals surface area (Å²) in [5, 5.41) is 23.0. The van der Waals surface area contributed by atoms with Crippen LogP contribution in [0.3, 0.4) is 0 Å². The maximum Gasteiger partial charge on any atom is 0.273 e. The summed E-state index contributed by atoms with van der Waals surface area (Å²) in [7, 11) is 0. The summed E-state index contributed by atoms with van der Waals surface area (Å²) >= 11 is 0. The van der Waals surface area contributed by atoms with Gasteiger partial charge in [-0.05, 0) is 26.8 Å². The maximum absolute atomic E-state index is 10.7. The van der Waals surface area contributed by atoms with Crippen LogP contribution in [0, 0.1) is 21.4 Å². The van der Waals surface area contributed by atoms with Crippen LogP contribution < -0.4 is 10.1 Å². The first-order valence-corrected chi connectivity index (χ1v) is 6.42. The van der Waals surface area contributed by atoms with Crippen molar-refractivity contribution < 1.29 is 9.66 Å². The molecule has 1 rings (SSSR count). The van der Waals surface area contributed by atoms with Crippen molar-refractivity contribution in [2.75, 3.05) is 6.61 Å². The van der Waals surface area contributed by atoms with E-state index in [1.165, 1.54) is 12.1 Å². The fourth-order valence-electron chi connectivity index (χ4n) is 1.86. The number of nitriles is 1. The molecule has 0 aliphatic carbocycles. The zero-order valence-electron chi connectivity index (χ0n) is 11.9. The minimum absolute atomic E-state index is 0.00847. The van der Waals surface area contributed by atoms with Gasteiger partial charge in [0.05, 0.1) is 23.7 Å². The largest absolute Gasteiger partial charge is 0.493 e. The Morgan fingerprint density at radius 2 is 2.25 bits per heavy atom. The second-order valence-corrected chi connectivity index (χ2v) is 5.10. The Kier molecular flexibility index (Phi) is 5.47. The molecule has 0 saturated heterocycles. The van der Waals surface area contributed by atoms with E-state index in [0.717, 1.165) is 0 Å². The van der Waals surface area contributed by atoms with E-state index in [-0.39, 0.29) is 11.7 Å². The molecule has 108 valence electrons. The molecule has 0 aliphatic heterocycles. The lowest BCUT2D eigenvalue weighted by molar-refractivity contribution is -0.384. The van der Waals surface area contributed by atoms with Crippen molar-refractivity contribution in [3.8, 4) is 11.8 Å². The fourth-order valence-corrected chi connectivity index (χ4v) is 1.86. The quantitative estimate of drug-likeness (QED) is 0.611. The summed E-state index contributed by atoms with van der Waals surface area (Å²) in [6.07, 6.45) is 0.490. The summed E-state index contributed by atoms with van der Waals surface area (Å²) in [5.74, 6) is 0.434. The predicted octanol–water partition coefficient (Wildman–Crippen LogP) is 2.64. The molecule has 20 heavy (non-hydrogen) atoms. The summed E-state index contributed by atoms with van der Waals surface area (Å²) in [6, 6.07) is 8.43. The molecular weight excluding hydrogens is 258 g/mol. The van der Waals surface area contributed by atoms with Crippen LogP contribution in [0.15, 0.2) is 24.3 Å². The topological polar surface area (TPSA) is 88.2 Å². The van der Waals surface area contributed by atoms with Crippen LogP contribution in [0.1, 0.15) is 27.2 Å². The first-order valence-electron chi connectivity index (χ1n) is 6.42.